The molecule has 1 aromatic heterocycles. The second kappa shape index (κ2) is 5.14. The lowest BCUT2D eigenvalue weighted by Crippen LogP contribution is -1.95. The van der Waals surface area contributed by atoms with Gasteiger partial charge in [0.15, 0.2) is 0 Å². The van der Waals surface area contributed by atoms with E-state index in [0.717, 1.165) is 5.92 Å². The molecule has 0 atom stereocenters. The summed E-state index contributed by atoms with van der Waals surface area (Å²) in [5.41, 5.74) is 1.39. The monoisotopic (exact) mass is 189 g/mol. The molecule has 0 aliphatic heterocycles. The van der Waals surface area contributed by atoms with Crippen LogP contribution < -0.4 is 0 Å². The van der Waals surface area contributed by atoms with Crippen molar-refractivity contribution in [1.82, 2.24) is 4.98 Å². The van der Waals surface area contributed by atoms with Gasteiger partial charge in [-0.05, 0) is 30.4 Å². The van der Waals surface area contributed by atoms with E-state index in [1.807, 2.05) is 18.5 Å². The fraction of sp³-hybridized carbons (Fsp3) is 0.615. The Morgan fingerprint density at radius 2 is 2.14 bits per heavy atom. The fourth-order valence-electron chi connectivity index (χ4n) is 2.44. The highest BCUT2D eigenvalue weighted by molar-refractivity contribution is 5.08. The van der Waals surface area contributed by atoms with E-state index < -0.39 is 0 Å². The Labute approximate surface area is 86.6 Å². The van der Waals surface area contributed by atoms with Crippen LogP contribution in [0.4, 0.5) is 0 Å². The summed E-state index contributed by atoms with van der Waals surface area (Å²) in [6.07, 6.45) is 13.7. The number of aromatic nitrogens is 1. The van der Waals surface area contributed by atoms with Crippen LogP contribution in [0.1, 0.15) is 44.1 Å². The van der Waals surface area contributed by atoms with Crippen LogP contribution in [0.5, 0.6) is 0 Å². The lowest BCUT2D eigenvalue weighted by Gasteiger charge is -2.07. The molecule has 0 spiro atoms. The van der Waals surface area contributed by atoms with Crippen LogP contribution in [0.15, 0.2) is 24.5 Å². The van der Waals surface area contributed by atoms with Gasteiger partial charge in [0.05, 0.1) is 0 Å². The third-order valence-corrected chi connectivity index (χ3v) is 3.28. The lowest BCUT2D eigenvalue weighted by atomic mass is 9.99. The highest BCUT2D eigenvalue weighted by atomic mass is 14.6. The van der Waals surface area contributed by atoms with Gasteiger partial charge < -0.3 is 0 Å². The van der Waals surface area contributed by atoms with E-state index in [4.69, 9.17) is 0 Å². The van der Waals surface area contributed by atoms with Crippen molar-refractivity contribution >= 4 is 0 Å². The maximum Gasteiger partial charge on any atom is 0.0299 e. The first-order chi connectivity index (χ1) is 6.95. The minimum Gasteiger partial charge on any atom is -0.264 e. The fourth-order valence-corrected chi connectivity index (χ4v) is 2.44. The van der Waals surface area contributed by atoms with Crippen LogP contribution in [0, 0.1) is 5.92 Å². The van der Waals surface area contributed by atoms with Crippen LogP contribution in [0.2, 0.25) is 0 Å². The molecule has 14 heavy (non-hydrogen) atoms. The number of nitrogens with zero attached hydrogens (tertiary/aromatic N) is 1. The maximum atomic E-state index is 4.14. The van der Waals surface area contributed by atoms with Crippen LogP contribution in [-0.2, 0) is 6.42 Å². The largest absolute Gasteiger partial charge is 0.264 e. The number of pyridine rings is 1. The van der Waals surface area contributed by atoms with Gasteiger partial charge in [-0.3, -0.25) is 4.98 Å². The molecule has 1 saturated carbocycles. The van der Waals surface area contributed by atoms with Gasteiger partial charge >= 0.3 is 0 Å². The minimum atomic E-state index is 1.03. The molecule has 2 rings (SSSR count). The summed E-state index contributed by atoms with van der Waals surface area (Å²) in [7, 11) is 0. The van der Waals surface area contributed by atoms with Crippen molar-refractivity contribution in [2.45, 2.75) is 44.9 Å². The highest BCUT2D eigenvalue weighted by Crippen LogP contribution is 2.28. The van der Waals surface area contributed by atoms with Gasteiger partial charge in [0.2, 0.25) is 0 Å². The van der Waals surface area contributed by atoms with Crippen molar-refractivity contribution in [2.24, 2.45) is 5.92 Å². The van der Waals surface area contributed by atoms with Crippen molar-refractivity contribution in [3.05, 3.63) is 30.1 Å². The molecule has 1 aromatic rings. The molecule has 76 valence electrons. The molecule has 0 bridgehead atoms. The standard InChI is InChI=1S/C13H19N/c1-2-6-12(5-1)7-3-8-13-9-4-10-14-11-13/h4,9-12H,1-3,5-8H2. The van der Waals surface area contributed by atoms with E-state index in [9.17, 15) is 0 Å². The molecule has 0 saturated heterocycles. The summed E-state index contributed by atoms with van der Waals surface area (Å²) in [6, 6.07) is 4.21. The minimum absolute atomic E-state index is 1.03. The lowest BCUT2D eigenvalue weighted by molar-refractivity contribution is 0.484. The Balaban J connectivity index is 1.67. The second-order valence-corrected chi connectivity index (χ2v) is 4.40. The molecule has 1 nitrogen and oxygen atoms in total. The summed E-state index contributed by atoms with van der Waals surface area (Å²) in [6.45, 7) is 0. The van der Waals surface area contributed by atoms with Crippen molar-refractivity contribution in [2.75, 3.05) is 0 Å². The molecule has 1 heteroatoms. The SMILES string of the molecule is c1cncc(CCCC2CCCC2)c1. The maximum absolute atomic E-state index is 4.14. The third-order valence-electron chi connectivity index (χ3n) is 3.28. The van der Waals surface area contributed by atoms with Crippen molar-refractivity contribution < 1.29 is 0 Å². The zero-order valence-corrected chi connectivity index (χ0v) is 8.78. The van der Waals surface area contributed by atoms with Gasteiger partial charge in [-0.1, -0.05) is 38.2 Å². The van der Waals surface area contributed by atoms with E-state index in [-0.39, 0.29) is 0 Å². The molecule has 0 N–H and O–H groups in total. The van der Waals surface area contributed by atoms with E-state index in [1.165, 1.54) is 50.5 Å². The Morgan fingerprint density at radius 3 is 2.86 bits per heavy atom. The van der Waals surface area contributed by atoms with Crippen molar-refractivity contribution in [3.8, 4) is 0 Å². The smallest absolute Gasteiger partial charge is 0.0299 e. The zero-order chi connectivity index (χ0) is 9.64. The molecule has 0 aromatic carbocycles. The Morgan fingerprint density at radius 1 is 1.29 bits per heavy atom. The molecule has 0 unspecified atom stereocenters. The Bertz CT molecular complexity index is 249. The summed E-state index contributed by atoms with van der Waals surface area (Å²) in [5.74, 6) is 1.03. The van der Waals surface area contributed by atoms with Crippen LogP contribution in [0.25, 0.3) is 0 Å². The first-order valence-corrected chi connectivity index (χ1v) is 5.84. The number of rotatable bonds is 4. The first kappa shape index (κ1) is 9.70. The Hall–Kier alpha value is -0.850. The topological polar surface area (TPSA) is 12.9 Å². The van der Waals surface area contributed by atoms with Gasteiger partial charge in [-0.15, -0.1) is 0 Å². The molecular formula is C13H19N. The van der Waals surface area contributed by atoms with Gasteiger partial charge in [-0.2, -0.15) is 0 Å². The molecule has 1 fully saturated rings. The summed E-state index contributed by atoms with van der Waals surface area (Å²) < 4.78 is 0. The van der Waals surface area contributed by atoms with E-state index in [2.05, 4.69) is 11.1 Å². The average molecular weight is 189 g/mol. The zero-order valence-electron chi connectivity index (χ0n) is 8.78. The van der Waals surface area contributed by atoms with E-state index in [1.54, 1.807) is 0 Å². The molecule has 0 amide bonds. The van der Waals surface area contributed by atoms with Crippen LogP contribution >= 0.6 is 0 Å². The van der Waals surface area contributed by atoms with E-state index in [0.29, 0.717) is 0 Å². The van der Waals surface area contributed by atoms with Gasteiger partial charge in [0.1, 0.15) is 0 Å². The molecular weight excluding hydrogens is 170 g/mol. The predicted molar refractivity (Wildman–Crippen MR) is 59.1 cm³/mol. The van der Waals surface area contributed by atoms with Crippen LogP contribution in [0.3, 0.4) is 0 Å². The molecule has 0 radical (unpaired) electrons. The normalized spacial score (nSPS) is 17.4. The number of hydrogen-bond donors (Lipinski definition) is 0. The summed E-state index contributed by atoms with van der Waals surface area (Å²) in [5, 5.41) is 0. The summed E-state index contributed by atoms with van der Waals surface area (Å²) in [4.78, 5) is 4.14. The molecule has 1 heterocycles. The Kier molecular flexibility index (Phi) is 3.56. The van der Waals surface area contributed by atoms with Crippen molar-refractivity contribution in [1.29, 1.82) is 0 Å². The van der Waals surface area contributed by atoms with Crippen molar-refractivity contribution in [3.63, 3.8) is 0 Å². The predicted octanol–water partition coefficient (Wildman–Crippen LogP) is 3.59. The van der Waals surface area contributed by atoms with Crippen LogP contribution in [-0.4, -0.2) is 4.98 Å². The van der Waals surface area contributed by atoms with E-state index >= 15 is 0 Å². The number of aryl methyl sites for hydroxylation is 1. The molecule has 1 aliphatic rings. The average Bonchev–Trinajstić information content (AvgIpc) is 2.72. The molecule has 1 aliphatic carbocycles. The number of hydrogen-bond acceptors (Lipinski definition) is 1. The van der Waals surface area contributed by atoms with Gasteiger partial charge in [0.25, 0.3) is 0 Å². The second-order valence-electron chi connectivity index (χ2n) is 4.40. The first-order valence-electron chi connectivity index (χ1n) is 5.84. The summed E-state index contributed by atoms with van der Waals surface area (Å²) >= 11 is 0. The third kappa shape index (κ3) is 2.83. The highest BCUT2D eigenvalue weighted by Gasteiger charge is 2.13. The van der Waals surface area contributed by atoms with Gasteiger partial charge in [0, 0.05) is 12.4 Å². The van der Waals surface area contributed by atoms with Gasteiger partial charge in [-0.25, -0.2) is 0 Å². The quantitative estimate of drug-likeness (QED) is 0.705.